The lowest BCUT2D eigenvalue weighted by molar-refractivity contribution is -0.115. The SMILES string of the molecule is CCOCc1cc(=O)n2[nH]c(NC(=O)CC3=CCCC3)nc2n1. The van der Waals surface area contributed by atoms with Crippen LogP contribution in [0.3, 0.4) is 0 Å². The number of hydrogen-bond acceptors (Lipinski definition) is 5. The van der Waals surface area contributed by atoms with Gasteiger partial charge in [-0.25, -0.2) is 4.98 Å². The van der Waals surface area contributed by atoms with E-state index in [1.54, 1.807) is 0 Å². The van der Waals surface area contributed by atoms with Crippen LogP contribution in [-0.2, 0) is 16.1 Å². The Morgan fingerprint density at radius 1 is 1.48 bits per heavy atom. The first-order valence-electron chi connectivity index (χ1n) is 7.70. The zero-order valence-corrected chi connectivity index (χ0v) is 13.0. The summed E-state index contributed by atoms with van der Waals surface area (Å²) >= 11 is 0. The normalized spacial score (nSPS) is 14.2. The Balaban J connectivity index is 1.75. The van der Waals surface area contributed by atoms with E-state index < -0.39 is 0 Å². The number of carbonyl (C=O) groups is 1. The minimum Gasteiger partial charge on any atom is -0.375 e. The molecule has 1 aliphatic carbocycles. The minimum absolute atomic E-state index is 0.153. The molecule has 2 N–H and O–H groups in total. The Bertz CT molecular complexity index is 805. The van der Waals surface area contributed by atoms with E-state index in [2.05, 4.69) is 26.5 Å². The van der Waals surface area contributed by atoms with Crippen LogP contribution in [-0.4, -0.2) is 32.1 Å². The third-order valence-corrected chi connectivity index (χ3v) is 3.62. The molecular formula is C15H19N5O3. The topological polar surface area (TPSA) is 101 Å². The maximum atomic E-state index is 12.0. The number of fused-ring (bicyclic) bond motifs is 1. The Labute approximate surface area is 132 Å². The molecule has 3 rings (SSSR count). The molecule has 1 amide bonds. The van der Waals surface area contributed by atoms with Gasteiger partial charge in [-0.05, 0) is 26.2 Å². The number of carbonyl (C=O) groups excluding carboxylic acids is 1. The Kier molecular flexibility index (Phi) is 4.52. The summed E-state index contributed by atoms with van der Waals surface area (Å²) in [5.41, 5.74) is 1.36. The van der Waals surface area contributed by atoms with Gasteiger partial charge in [0.25, 0.3) is 11.3 Å². The molecule has 8 nitrogen and oxygen atoms in total. The van der Waals surface area contributed by atoms with Gasteiger partial charge in [-0.1, -0.05) is 11.6 Å². The molecule has 23 heavy (non-hydrogen) atoms. The lowest BCUT2D eigenvalue weighted by Crippen LogP contribution is -2.17. The van der Waals surface area contributed by atoms with Crippen molar-refractivity contribution in [2.24, 2.45) is 0 Å². The van der Waals surface area contributed by atoms with Gasteiger partial charge < -0.3 is 4.74 Å². The number of amides is 1. The fraction of sp³-hybridized carbons (Fsp3) is 0.467. The number of ether oxygens (including phenoxy) is 1. The molecule has 0 radical (unpaired) electrons. The summed E-state index contributed by atoms with van der Waals surface area (Å²) in [4.78, 5) is 32.4. The van der Waals surface area contributed by atoms with E-state index in [1.165, 1.54) is 10.6 Å². The average Bonchev–Trinajstić information content (AvgIpc) is 3.14. The highest BCUT2D eigenvalue weighted by Gasteiger charge is 2.13. The van der Waals surface area contributed by atoms with Crippen molar-refractivity contribution in [2.75, 3.05) is 11.9 Å². The summed E-state index contributed by atoms with van der Waals surface area (Å²) < 4.78 is 6.44. The quantitative estimate of drug-likeness (QED) is 0.784. The number of aromatic amines is 1. The molecule has 0 fully saturated rings. The van der Waals surface area contributed by atoms with Crippen LogP contribution in [0, 0.1) is 0 Å². The standard InChI is InChI=1S/C15H19N5O3/c1-2-23-9-11-8-13(22)20-15(16-11)18-14(19-20)17-12(21)7-10-5-3-4-6-10/h5,8H,2-4,6-7,9H2,1H3,(H2,16,17,18,19,21). The highest BCUT2D eigenvalue weighted by Crippen LogP contribution is 2.20. The van der Waals surface area contributed by atoms with E-state index in [4.69, 9.17) is 4.74 Å². The number of H-pyrrole nitrogens is 1. The van der Waals surface area contributed by atoms with Crippen LogP contribution in [0.5, 0.6) is 0 Å². The first kappa shape index (κ1) is 15.4. The molecule has 0 aromatic carbocycles. The molecule has 0 aliphatic heterocycles. The Hall–Kier alpha value is -2.48. The van der Waals surface area contributed by atoms with E-state index in [0.717, 1.165) is 24.8 Å². The Morgan fingerprint density at radius 2 is 2.35 bits per heavy atom. The van der Waals surface area contributed by atoms with Crippen LogP contribution < -0.4 is 10.9 Å². The smallest absolute Gasteiger partial charge is 0.274 e. The highest BCUT2D eigenvalue weighted by molar-refractivity contribution is 5.90. The van der Waals surface area contributed by atoms with Crippen molar-refractivity contribution in [3.63, 3.8) is 0 Å². The molecule has 1 aliphatic rings. The summed E-state index contributed by atoms with van der Waals surface area (Å²) in [5, 5.41) is 5.41. The monoisotopic (exact) mass is 317 g/mol. The zero-order valence-electron chi connectivity index (χ0n) is 13.0. The van der Waals surface area contributed by atoms with Crippen LogP contribution in [0.1, 0.15) is 38.3 Å². The van der Waals surface area contributed by atoms with E-state index in [1.807, 2.05) is 6.92 Å². The van der Waals surface area contributed by atoms with Gasteiger partial charge in [-0.2, -0.15) is 9.50 Å². The number of nitrogens with zero attached hydrogens (tertiary/aromatic N) is 3. The van der Waals surface area contributed by atoms with Gasteiger partial charge in [0.2, 0.25) is 11.9 Å². The molecular weight excluding hydrogens is 298 g/mol. The molecule has 2 aromatic rings. The van der Waals surface area contributed by atoms with Gasteiger partial charge in [-0.3, -0.25) is 20.0 Å². The second-order valence-corrected chi connectivity index (χ2v) is 5.41. The van der Waals surface area contributed by atoms with E-state index in [0.29, 0.717) is 18.7 Å². The zero-order chi connectivity index (χ0) is 16.2. The van der Waals surface area contributed by atoms with Crippen molar-refractivity contribution < 1.29 is 9.53 Å². The molecule has 0 unspecified atom stereocenters. The van der Waals surface area contributed by atoms with Crippen LogP contribution in [0.15, 0.2) is 22.5 Å². The van der Waals surface area contributed by atoms with Crippen molar-refractivity contribution in [1.82, 2.24) is 19.6 Å². The van der Waals surface area contributed by atoms with Crippen molar-refractivity contribution >= 4 is 17.6 Å². The molecule has 122 valence electrons. The van der Waals surface area contributed by atoms with Gasteiger partial charge in [0.15, 0.2) is 0 Å². The maximum absolute atomic E-state index is 12.0. The van der Waals surface area contributed by atoms with Crippen LogP contribution >= 0.6 is 0 Å². The van der Waals surface area contributed by atoms with Crippen molar-refractivity contribution in [2.45, 2.75) is 39.2 Å². The van der Waals surface area contributed by atoms with Crippen molar-refractivity contribution in [3.8, 4) is 0 Å². The van der Waals surface area contributed by atoms with E-state index in [9.17, 15) is 9.59 Å². The summed E-state index contributed by atoms with van der Waals surface area (Å²) in [7, 11) is 0. The number of aromatic nitrogens is 4. The summed E-state index contributed by atoms with van der Waals surface area (Å²) in [6, 6.07) is 1.38. The molecule has 0 spiro atoms. The van der Waals surface area contributed by atoms with Gasteiger partial charge in [-0.15, -0.1) is 0 Å². The van der Waals surface area contributed by atoms with E-state index >= 15 is 0 Å². The lowest BCUT2D eigenvalue weighted by Gasteiger charge is -2.01. The molecule has 0 bridgehead atoms. The molecule has 0 saturated carbocycles. The lowest BCUT2D eigenvalue weighted by atomic mass is 10.1. The summed E-state index contributed by atoms with van der Waals surface area (Å²) in [5.74, 6) is 0.272. The first-order chi connectivity index (χ1) is 11.2. The Morgan fingerprint density at radius 3 is 3.09 bits per heavy atom. The van der Waals surface area contributed by atoms with Gasteiger partial charge in [0.05, 0.1) is 12.3 Å². The highest BCUT2D eigenvalue weighted by atomic mass is 16.5. The molecule has 8 heteroatoms. The number of nitrogens with one attached hydrogen (secondary N) is 2. The summed E-state index contributed by atoms with van der Waals surface area (Å²) in [6.45, 7) is 2.66. The average molecular weight is 317 g/mol. The van der Waals surface area contributed by atoms with E-state index in [-0.39, 0.29) is 29.8 Å². The minimum atomic E-state index is -0.295. The first-order valence-corrected chi connectivity index (χ1v) is 7.70. The van der Waals surface area contributed by atoms with Gasteiger partial charge in [0.1, 0.15) is 0 Å². The summed E-state index contributed by atoms with van der Waals surface area (Å²) in [6.07, 6.45) is 5.57. The maximum Gasteiger partial charge on any atom is 0.274 e. The molecule has 0 atom stereocenters. The molecule has 0 saturated heterocycles. The largest absolute Gasteiger partial charge is 0.375 e. The fourth-order valence-corrected chi connectivity index (χ4v) is 2.54. The van der Waals surface area contributed by atoms with Crippen LogP contribution in [0.2, 0.25) is 0 Å². The number of rotatable bonds is 6. The fourth-order valence-electron chi connectivity index (χ4n) is 2.54. The van der Waals surface area contributed by atoms with Gasteiger partial charge in [0, 0.05) is 19.1 Å². The third kappa shape index (κ3) is 3.65. The number of anilines is 1. The predicted octanol–water partition coefficient (Wildman–Crippen LogP) is 1.39. The number of allylic oxidation sites excluding steroid dienone is 1. The van der Waals surface area contributed by atoms with Gasteiger partial charge >= 0.3 is 0 Å². The third-order valence-electron chi connectivity index (χ3n) is 3.62. The molecule has 2 aromatic heterocycles. The van der Waals surface area contributed by atoms with Crippen LogP contribution in [0.25, 0.3) is 5.78 Å². The van der Waals surface area contributed by atoms with Crippen molar-refractivity contribution in [3.05, 3.63) is 33.8 Å². The second-order valence-electron chi connectivity index (χ2n) is 5.41. The van der Waals surface area contributed by atoms with Crippen molar-refractivity contribution in [1.29, 1.82) is 0 Å². The molecule has 2 heterocycles. The second kappa shape index (κ2) is 6.74. The predicted molar refractivity (Wildman–Crippen MR) is 84.1 cm³/mol. The van der Waals surface area contributed by atoms with Crippen LogP contribution in [0.4, 0.5) is 5.95 Å². The number of hydrogen-bond donors (Lipinski definition) is 2.